The number of rotatable bonds is 6. The van der Waals surface area contributed by atoms with Gasteiger partial charge in [-0.1, -0.05) is 56.6 Å². The molecule has 0 aliphatic rings. The largest absolute Gasteiger partial charge is 0.478 e. The van der Waals surface area contributed by atoms with Crippen LogP contribution in [0.5, 0.6) is 0 Å². The number of carboxylic acid groups (broad SMARTS) is 1. The first-order valence-corrected chi connectivity index (χ1v) is 13.7. The van der Waals surface area contributed by atoms with Gasteiger partial charge in [0, 0.05) is 0 Å². The van der Waals surface area contributed by atoms with Crippen LogP contribution in [0.25, 0.3) is 0 Å². The van der Waals surface area contributed by atoms with E-state index >= 15 is 0 Å². The molecule has 0 radical (unpaired) electrons. The van der Waals surface area contributed by atoms with E-state index in [1.54, 1.807) is 0 Å². The predicted octanol–water partition coefficient (Wildman–Crippen LogP) is 4.64. The van der Waals surface area contributed by atoms with Crippen molar-refractivity contribution in [2.75, 3.05) is 0 Å². The maximum atomic E-state index is 11.8. The zero-order valence-corrected chi connectivity index (χ0v) is 15.4. The standard InChI is InChI=1S/C15H28O2Si2/c1-9-10-11-13(19(6,7)8)14(15(16)17)12(2)18(3,4)5/h9,11H,1,10H2,2-8H3,(H,16,17). The van der Waals surface area contributed by atoms with E-state index in [2.05, 4.69) is 51.9 Å². The van der Waals surface area contributed by atoms with Crippen LogP contribution >= 0.6 is 0 Å². The second-order valence-corrected chi connectivity index (χ2v) is 17.2. The summed E-state index contributed by atoms with van der Waals surface area (Å²) in [6.07, 6.45) is 4.62. The Kier molecular flexibility index (Phi) is 6.22. The van der Waals surface area contributed by atoms with Crippen molar-refractivity contribution in [2.45, 2.75) is 52.6 Å². The molecule has 0 aromatic heterocycles. The van der Waals surface area contributed by atoms with Crippen molar-refractivity contribution in [2.24, 2.45) is 0 Å². The molecule has 2 nitrogen and oxygen atoms in total. The minimum atomic E-state index is -1.69. The molecule has 108 valence electrons. The van der Waals surface area contributed by atoms with Gasteiger partial charge in [-0.05, 0) is 18.5 Å². The molecule has 0 saturated carbocycles. The van der Waals surface area contributed by atoms with Crippen molar-refractivity contribution >= 4 is 22.1 Å². The number of hydrogen-bond acceptors (Lipinski definition) is 1. The Morgan fingerprint density at radius 3 is 1.84 bits per heavy atom. The molecule has 0 atom stereocenters. The number of aliphatic carboxylic acids is 1. The number of carboxylic acids is 1. The quantitative estimate of drug-likeness (QED) is 0.335. The fraction of sp³-hybridized carbons (Fsp3) is 0.533. The third-order valence-electron chi connectivity index (χ3n) is 3.28. The average Bonchev–Trinajstić information content (AvgIpc) is 2.19. The van der Waals surface area contributed by atoms with Crippen LogP contribution in [0.1, 0.15) is 13.3 Å². The molecule has 0 aliphatic carbocycles. The lowest BCUT2D eigenvalue weighted by Gasteiger charge is -2.27. The lowest BCUT2D eigenvalue weighted by Crippen LogP contribution is -2.33. The van der Waals surface area contributed by atoms with Gasteiger partial charge in [-0.2, -0.15) is 0 Å². The van der Waals surface area contributed by atoms with Gasteiger partial charge in [0.2, 0.25) is 0 Å². The number of allylic oxidation sites excluding steroid dienone is 3. The predicted molar refractivity (Wildman–Crippen MR) is 89.9 cm³/mol. The molecule has 19 heavy (non-hydrogen) atoms. The Morgan fingerprint density at radius 1 is 1.11 bits per heavy atom. The van der Waals surface area contributed by atoms with E-state index in [0.717, 1.165) is 16.8 Å². The van der Waals surface area contributed by atoms with Crippen LogP contribution in [0.3, 0.4) is 0 Å². The Labute approximate surface area is 119 Å². The Balaban J connectivity index is 6.13. The van der Waals surface area contributed by atoms with Crippen LogP contribution in [0.4, 0.5) is 0 Å². The third kappa shape index (κ3) is 5.32. The Hall–Kier alpha value is -0.876. The van der Waals surface area contributed by atoms with E-state index in [1.807, 2.05) is 13.0 Å². The first-order chi connectivity index (χ1) is 8.42. The van der Waals surface area contributed by atoms with Crippen LogP contribution in [0, 0.1) is 0 Å². The van der Waals surface area contributed by atoms with Gasteiger partial charge in [0.25, 0.3) is 0 Å². The normalized spacial score (nSPS) is 15.0. The minimum absolute atomic E-state index is 0.570. The summed E-state index contributed by atoms with van der Waals surface area (Å²) in [5.41, 5.74) is 0.570. The van der Waals surface area contributed by atoms with E-state index in [1.165, 1.54) is 0 Å². The van der Waals surface area contributed by atoms with Crippen LogP contribution in [-0.2, 0) is 4.79 Å². The number of hydrogen-bond donors (Lipinski definition) is 1. The molecule has 0 unspecified atom stereocenters. The van der Waals surface area contributed by atoms with Gasteiger partial charge < -0.3 is 5.11 Å². The highest BCUT2D eigenvalue weighted by Gasteiger charge is 2.31. The molecular formula is C15H28O2Si2. The van der Waals surface area contributed by atoms with E-state index in [-0.39, 0.29) is 0 Å². The summed E-state index contributed by atoms with van der Waals surface area (Å²) in [5, 5.41) is 11.8. The highest BCUT2D eigenvalue weighted by molar-refractivity contribution is 6.86. The SMILES string of the molecule is C=CCC=C(C(C(=O)O)=C(C)[Si](C)(C)C)[Si](C)(C)C. The number of carbonyl (C=O) groups is 1. The van der Waals surface area contributed by atoms with Gasteiger partial charge in [0.1, 0.15) is 0 Å². The second kappa shape index (κ2) is 6.52. The summed E-state index contributed by atoms with van der Waals surface area (Å²) < 4.78 is 0. The zero-order chi connectivity index (χ0) is 15.4. The molecule has 0 aromatic rings. The summed E-state index contributed by atoms with van der Waals surface area (Å²) in [7, 11) is -3.31. The van der Waals surface area contributed by atoms with Crippen molar-refractivity contribution < 1.29 is 9.90 Å². The molecule has 0 saturated heterocycles. The van der Waals surface area contributed by atoms with Crippen LogP contribution < -0.4 is 0 Å². The van der Waals surface area contributed by atoms with Gasteiger partial charge in [-0.25, -0.2) is 4.79 Å². The van der Waals surface area contributed by atoms with Gasteiger partial charge in [0.05, 0.1) is 21.7 Å². The van der Waals surface area contributed by atoms with Gasteiger partial charge in [-0.3, -0.25) is 0 Å². The first-order valence-electron chi connectivity index (χ1n) is 6.69. The summed E-state index contributed by atoms with van der Waals surface area (Å²) >= 11 is 0. The summed E-state index contributed by atoms with van der Waals surface area (Å²) in [5.74, 6) is -0.780. The summed E-state index contributed by atoms with van der Waals surface area (Å²) in [6, 6.07) is 0. The Bertz CT molecular complexity index is 418. The molecule has 0 rings (SSSR count). The topological polar surface area (TPSA) is 37.3 Å². The lowest BCUT2D eigenvalue weighted by atomic mass is 10.2. The molecule has 0 spiro atoms. The van der Waals surface area contributed by atoms with Gasteiger partial charge in [-0.15, -0.1) is 6.58 Å². The van der Waals surface area contributed by atoms with Crippen molar-refractivity contribution in [3.05, 3.63) is 34.7 Å². The Morgan fingerprint density at radius 2 is 1.58 bits per heavy atom. The van der Waals surface area contributed by atoms with Gasteiger partial charge in [0.15, 0.2) is 0 Å². The lowest BCUT2D eigenvalue weighted by molar-refractivity contribution is -0.132. The average molecular weight is 297 g/mol. The zero-order valence-electron chi connectivity index (χ0n) is 13.4. The van der Waals surface area contributed by atoms with Crippen molar-refractivity contribution in [3.8, 4) is 0 Å². The van der Waals surface area contributed by atoms with Crippen LogP contribution in [0.2, 0.25) is 39.3 Å². The summed E-state index contributed by atoms with van der Waals surface area (Å²) in [6.45, 7) is 18.9. The van der Waals surface area contributed by atoms with E-state index in [9.17, 15) is 9.90 Å². The fourth-order valence-corrected chi connectivity index (χ4v) is 4.73. The molecular weight excluding hydrogens is 268 g/mol. The molecule has 4 heteroatoms. The van der Waals surface area contributed by atoms with Crippen LogP contribution in [0.15, 0.2) is 34.7 Å². The first kappa shape index (κ1) is 18.1. The van der Waals surface area contributed by atoms with Gasteiger partial charge >= 0.3 is 5.97 Å². The fourth-order valence-electron chi connectivity index (χ4n) is 1.84. The molecule has 0 amide bonds. The van der Waals surface area contributed by atoms with Crippen molar-refractivity contribution in [1.82, 2.24) is 0 Å². The van der Waals surface area contributed by atoms with E-state index < -0.39 is 22.1 Å². The molecule has 0 aromatic carbocycles. The monoisotopic (exact) mass is 296 g/mol. The van der Waals surface area contributed by atoms with Crippen molar-refractivity contribution in [1.29, 1.82) is 0 Å². The van der Waals surface area contributed by atoms with Crippen molar-refractivity contribution in [3.63, 3.8) is 0 Å². The maximum absolute atomic E-state index is 11.8. The molecule has 0 fully saturated rings. The third-order valence-corrected chi connectivity index (χ3v) is 7.85. The minimum Gasteiger partial charge on any atom is -0.478 e. The molecule has 1 N–H and O–H groups in total. The van der Waals surface area contributed by atoms with E-state index in [0.29, 0.717) is 5.57 Å². The highest BCUT2D eigenvalue weighted by atomic mass is 28.3. The maximum Gasteiger partial charge on any atom is 0.335 e. The molecule has 0 heterocycles. The molecule has 0 aliphatic heterocycles. The molecule has 0 bridgehead atoms. The summed E-state index contributed by atoms with van der Waals surface area (Å²) in [4.78, 5) is 11.8. The second-order valence-electron chi connectivity index (χ2n) is 6.95. The smallest absolute Gasteiger partial charge is 0.335 e. The van der Waals surface area contributed by atoms with Crippen LogP contribution in [-0.4, -0.2) is 27.2 Å². The van der Waals surface area contributed by atoms with E-state index in [4.69, 9.17) is 0 Å². The highest BCUT2D eigenvalue weighted by Crippen LogP contribution is 2.29.